The molecule has 2 aromatic rings. The Kier molecular flexibility index (Phi) is 3.53. The smallest absolute Gasteiger partial charge is 0.254 e. The van der Waals surface area contributed by atoms with E-state index in [9.17, 15) is 4.79 Å². The molecule has 3 rings (SSSR count). The highest BCUT2D eigenvalue weighted by Crippen LogP contribution is 2.22. The first kappa shape index (κ1) is 13.9. The summed E-state index contributed by atoms with van der Waals surface area (Å²) < 4.78 is 2.17. The Labute approximate surface area is 125 Å². The minimum Gasteiger partial charge on any atom is -0.332 e. The molecule has 0 saturated carbocycles. The Bertz CT molecular complexity index is 655. The van der Waals surface area contributed by atoms with Crippen LogP contribution in [0.25, 0.3) is 0 Å². The molecule has 110 valence electrons. The van der Waals surface area contributed by atoms with Crippen LogP contribution < -0.4 is 0 Å². The number of hydrogen-bond acceptors (Lipinski definition) is 2. The normalized spacial score (nSPS) is 14.4. The van der Waals surface area contributed by atoms with Crippen molar-refractivity contribution in [1.29, 1.82) is 0 Å². The fraction of sp³-hybridized carbons (Fsp3) is 0.412. The van der Waals surface area contributed by atoms with Crippen LogP contribution in [0.15, 0.2) is 30.6 Å². The van der Waals surface area contributed by atoms with Crippen molar-refractivity contribution in [1.82, 2.24) is 14.5 Å². The number of amides is 1. The molecular formula is C17H21N3O. The van der Waals surface area contributed by atoms with Gasteiger partial charge in [0.05, 0.1) is 24.3 Å². The lowest BCUT2D eigenvalue weighted by molar-refractivity contribution is 0.0728. The lowest BCUT2D eigenvalue weighted by atomic mass is 10.1. The van der Waals surface area contributed by atoms with Crippen molar-refractivity contribution in [3.8, 4) is 0 Å². The summed E-state index contributed by atoms with van der Waals surface area (Å²) in [4.78, 5) is 19.0. The van der Waals surface area contributed by atoms with Gasteiger partial charge in [-0.15, -0.1) is 0 Å². The van der Waals surface area contributed by atoms with Gasteiger partial charge >= 0.3 is 0 Å². The van der Waals surface area contributed by atoms with E-state index in [2.05, 4.69) is 23.4 Å². The summed E-state index contributed by atoms with van der Waals surface area (Å²) in [6, 6.07) is 8.16. The van der Waals surface area contributed by atoms with Crippen LogP contribution in [0.2, 0.25) is 0 Å². The molecule has 0 radical (unpaired) electrons. The molecule has 1 amide bonds. The van der Waals surface area contributed by atoms with Crippen LogP contribution in [0.3, 0.4) is 0 Å². The standard InChI is InChI=1S/C17H21N3O/c1-12(2)20-11-18-15-8-9-19(10-16(15)20)17(21)14-6-4-13(3)5-7-14/h4-7,11-12H,8-10H2,1-3H3. The number of aromatic nitrogens is 2. The topological polar surface area (TPSA) is 38.1 Å². The molecule has 0 unspecified atom stereocenters. The van der Waals surface area contributed by atoms with E-state index in [-0.39, 0.29) is 5.91 Å². The summed E-state index contributed by atoms with van der Waals surface area (Å²) >= 11 is 0. The van der Waals surface area contributed by atoms with Gasteiger partial charge in [0, 0.05) is 24.6 Å². The van der Waals surface area contributed by atoms with Crippen LogP contribution in [0.1, 0.15) is 47.2 Å². The Morgan fingerprint density at radius 3 is 2.62 bits per heavy atom. The molecule has 2 heterocycles. The first-order valence-corrected chi connectivity index (χ1v) is 7.47. The maximum absolute atomic E-state index is 12.6. The minimum absolute atomic E-state index is 0.108. The Morgan fingerprint density at radius 1 is 1.24 bits per heavy atom. The van der Waals surface area contributed by atoms with E-state index >= 15 is 0 Å². The summed E-state index contributed by atoms with van der Waals surface area (Å²) in [5, 5.41) is 0. The average Bonchev–Trinajstić information content (AvgIpc) is 2.90. The number of nitrogens with zero attached hydrogens (tertiary/aromatic N) is 3. The molecule has 0 bridgehead atoms. The number of rotatable bonds is 2. The largest absolute Gasteiger partial charge is 0.332 e. The second kappa shape index (κ2) is 5.35. The minimum atomic E-state index is 0.108. The number of imidazole rings is 1. The molecule has 0 atom stereocenters. The zero-order valence-corrected chi connectivity index (χ0v) is 12.8. The first-order valence-electron chi connectivity index (χ1n) is 7.47. The van der Waals surface area contributed by atoms with Crippen LogP contribution in [-0.2, 0) is 13.0 Å². The van der Waals surface area contributed by atoms with E-state index in [0.717, 1.165) is 24.2 Å². The molecule has 1 aliphatic heterocycles. The second-order valence-electron chi connectivity index (χ2n) is 5.98. The Morgan fingerprint density at radius 2 is 1.95 bits per heavy atom. The monoisotopic (exact) mass is 283 g/mol. The van der Waals surface area contributed by atoms with Gasteiger partial charge in [-0.3, -0.25) is 4.79 Å². The van der Waals surface area contributed by atoms with Crippen molar-refractivity contribution in [3.05, 3.63) is 53.1 Å². The van der Waals surface area contributed by atoms with Crippen molar-refractivity contribution in [2.24, 2.45) is 0 Å². The number of hydrogen-bond donors (Lipinski definition) is 0. The molecule has 0 spiro atoms. The summed E-state index contributed by atoms with van der Waals surface area (Å²) in [6.07, 6.45) is 2.74. The van der Waals surface area contributed by atoms with E-state index in [1.807, 2.05) is 42.4 Å². The number of fused-ring (bicyclic) bond motifs is 1. The van der Waals surface area contributed by atoms with Gasteiger partial charge in [0.25, 0.3) is 5.91 Å². The summed E-state index contributed by atoms with van der Waals surface area (Å²) in [7, 11) is 0. The van der Waals surface area contributed by atoms with Gasteiger partial charge in [-0.2, -0.15) is 0 Å². The molecule has 0 saturated heterocycles. The zero-order valence-electron chi connectivity index (χ0n) is 12.8. The van der Waals surface area contributed by atoms with Gasteiger partial charge in [-0.1, -0.05) is 17.7 Å². The highest BCUT2D eigenvalue weighted by atomic mass is 16.2. The highest BCUT2D eigenvalue weighted by molar-refractivity contribution is 5.94. The van der Waals surface area contributed by atoms with Crippen LogP contribution in [0.5, 0.6) is 0 Å². The van der Waals surface area contributed by atoms with Crippen LogP contribution >= 0.6 is 0 Å². The lowest BCUT2D eigenvalue weighted by Crippen LogP contribution is -2.36. The van der Waals surface area contributed by atoms with E-state index < -0.39 is 0 Å². The van der Waals surface area contributed by atoms with Crippen molar-refractivity contribution < 1.29 is 4.79 Å². The van der Waals surface area contributed by atoms with Gasteiger partial charge in [-0.25, -0.2) is 4.98 Å². The number of aryl methyl sites for hydroxylation is 1. The fourth-order valence-corrected chi connectivity index (χ4v) is 2.80. The molecule has 4 heteroatoms. The van der Waals surface area contributed by atoms with Crippen LogP contribution in [0, 0.1) is 6.92 Å². The number of benzene rings is 1. The van der Waals surface area contributed by atoms with Gasteiger partial charge in [0.1, 0.15) is 0 Å². The van der Waals surface area contributed by atoms with Gasteiger partial charge < -0.3 is 9.47 Å². The molecule has 4 nitrogen and oxygen atoms in total. The van der Waals surface area contributed by atoms with Crippen molar-refractivity contribution in [3.63, 3.8) is 0 Å². The third kappa shape index (κ3) is 2.58. The van der Waals surface area contributed by atoms with Crippen LogP contribution in [0.4, 0.5) is 0 Å². The summed E-state index contributed by atoms with van der Waals surface area (Å²) in [6.45, 7) is 7.71. The fourth-order valence-electron chi connectivity index (χ4n) is 2.80. The van der Waals surface area contributed by atoms with Gasteiger partial charge in [0.2, 0.25) is 0 Å². The van der Waals surface area contributed by atoms with Crippen molar-refractivity contribution in [2.45, 2.75) is 39.8 Å². The summed E-state index contributed by atoms with van der Waals surface area (Å²) in [5.41, 5.74) is 4.25. The lowest BCUT2D eigenvalue weighted by Gasteiger charge is -2.28. The van der Waals surface area contributed by atoms with Gasteiger partial charge in [0.15, 0.2) is 0 Å². The number of carbonyl (C=O) groups is 1. The zero-order chi connectivity index (χ0) is 15.0. The average molecular weight is 283 g/mol. The van der Waals surface area contributed by atoms with Crippen molar-refractivity contribution >= 4 is 5.91 Å². The predicted octanol–water partition coefficient (Wildman–Crippen LogP) is 2.97. The highest BCUT2D eigenvalue weighted by Gasteiger charge is 2.25. The summed E-state index contributed by atoms with van der Waals surface area (Å²) in [5.74, 6) is 0.108. The van der Waals surface area contributed by atoms with E-state index in [4.69, 9.17) is 0 Å². The molecule has 1 aliphatic rings. The first-order chi connectivity index (χ1) is 10.1. The van der Waals surface area contributed by atoms with E-state index in [0.29, 0.717) is 12.6 Å². The maximum atomic E-state index is 12.6. The molecule has 0 N–H and O–H groups in total. The van der Waals surface area contributed by atoms with E-state index in [1.165, 1.54) is 11.3 Å². The quantitative estimate of drug-likeness (QED) is 0.850. The Hall–Kier alpha value is -2.10. The predicted molar refractivity (Wildman–Crippen MR) is 82.2 cm³/mol. The van der Waals surface area contributed by atoms with Crippen LogP contribution in [-0.4, -0.2) is 26.9 Å². The van der Waals surface area contributed by atoms with E-state index in [1.54, 1.807) is 0 Å². The third-order valence-electron chi connectivity index (χ3n) is 4.08. The third-order valence-corrected chi connectivity index (χ3v) is 4.08. The Balaban J connectivity index is 1.83. The number of carbonyl (C=O) groups excluding carboxylic acids is 1. The molecule has 21 heavy (non-hydrogen) atoms. The molecule has 1 aromatic carbocycles. The molecule has 1 aromatic heterocycles. The molecule has 0 aliphatic carbocycles. The second-order valence-corrected chi connectivity index (χ2v) is 5.98. The molecule has 0 fully saturated rings. The van der Waals surface area contributed by atoms with Gasteiger partial charge in [-0.05, 0) is 32.9 Å². The van der Waals surface area contributed by atoms with Crippen molar-refractivity contribution in [2.75, 3.05) is 6.54 Å². The maximum Gasteiger partial charge on any atom is 0.254 e. The SMILES string of the molecule is Cc1ccc(C(=O)N2CCc3ncn(C(C)C)c3C2)cc1. The molecular weight excluding hydrogens is 262 g/mol.